The van der Waals surface area contributed by atoms with Crippen molar-refractivity contribution in [2.75, 3.05) is 46.4 Å². The van der Waals surface area contributed by atoms with Gasteiger partial charge in [-0.2, -0.15) is 0 Å². The predicted molar refractivity (Wildman–Crippen MR) is 102 cm³/mol. The van der Waals surface area contributed by atoms with E-state index in [9.17, 15) is 4.79 Å². The number of nitrogens with one attached hydrogen (secondary N) is 1. The second-order valence-electron chi connectivity index (χ2n) is 7.29. The maximum atomic E-state index is 12.5. The number of aromatic nitrogens is 1. The van der Waals surface area contributed by atoms with Crippen LogP contribution in [0.25, 0.3) is 10.9 Å². The number of benzene rings is 1. The quantitative estimate of drug-likeness (QED) is 0.885. The number of piperazine rings is 1. The fraction of sp³-hybridized carbons (Fsp3) is 0.550. The molecule has 1 aromatic carbocycles. The van der Waals surface area contributed by atoms with Gasteiger partial charge in [0.15, 0.2) is 0 Å². The summed E-state index contributed by atoms with van der Waals surface area (Å²) in [6, 6.07) is 7.79. The van der Waals surface area contributed by atoms with E-state index < -0.39 is 0 Å². The molecule has 6 heteroatoms. The standard InChI is InChI=1S/C20H27N3O3/c1-25-17-5-4-15-11-16(20(24)21-19(15)12-17)13-22-6-8-23(9-7-22)14-18-3-2-10-26-18/h4-5,11-12,18H,2-3,6-10,13-14H2,1H3,(H,21,24)/t18-/m0/s1. The molecule has 4 rings (SSSR count). The maximum Gasteiger partial charge on any atom is 0.252 e. The van der Waals surface area contributed by atoms with Crippen LogP contribution in [0.4, 0.5) is 0 Å². The fourth-order valence-corrected chi connectivity index (χ4v) is 3.92. The van der Waals surface area contributed by atoms with E-state index in [4.69, 9.17) is 9.47 Å². The van der Waals surface area contributed by atoms with Gasteiger partial charge in [-0.1, -0.05) is 0 Å². The Bertz CT molecular complexity index is 806. The molecule has 2 saturated heterocycles. The lowest BCUT2D eigenvalue weighted by atomic mass is 10.1. The summed E-state index contributed by atoms with van der Waals surface area (Å²) in [4.78, 5) is 20.3. The monoisotopic (exact) mass is 357 g/mol. The number of H-pyrrole nitrogens is 1. The summed E-state index contributed by atoms with van der Waals surface area (Å²) in [6.45, 7) is 6.74. The second kappa shape index (κ2) is 7.78. The number of hydrogen-bond acceptors (Lipinski definition) is 5. The molecule has 1 N–H and O–H groups in total. The topological polar surface area (TPSA) is 57.8 Å². The number of aromatic amines is 1. The summed E-state index contributed by atoms with van der Waals surface area (Å²) in [5, 5.41) is 1.04. The maximum absolute atomic E-state index is 12.5. The van der Waals surface area contributed by atoms with Crippen LogP contribution in [0.15, 0.2) is 29.1 Å². The smallest absolute Gasteiger partial charge is 0.252 e. The molecule has 140 valence electrons. The molecule has 1 atom stereocenters. The number of pyridine rings is 1. The lowest BCUT2D eigenvalue weighted by Crippen LogP contribution is -2.48. The van der Waals surface area contributed by atoms with E-state index in [2.05, 4.69) is 14.8 Å². The Morgan fingerprint density at radius 2 is 2.00 bits per heavy atom. The highest BCUT2D eigenvalue weighted by Gasteiger charge is 2.23. The van der Waals surface area contributed by atoms with Crippen molar-refractivity contribution in [2.45, 2.75) is 25.5 Å². The van der Waals surface area contributed by atoms with Gasteiger partial charge >= 0.3 is 0 Å². The molecule has 0 unspecified atom stereocenters. The Morgan fingerprint density at radius 1 is 1.19 bits per heavy atom. The summed E-state index contributed by atoms with van der Waals surface area (Å²) >= 11 is 0. The van der Waals surface area contributed by atoms with Crippen LogP contribution < -0.4 is 10.3 Å². The van der Waals surface area contributed by atoms with Crippen molar-refractivity contribution in [3.8, 4) is 5.75 Å². The zero-order chi connectivity index (χ0) is 17.9. The van der Waals surface area contributed by atoms with Crippen LogP contribution in [-0.2, 0) is 11.3 Å². The van der Waals surface area contributed by atoms with Crippen LogP contribution in [0.3, 0.4) is 0 Å². The van der Waals surface area contributed by atoms with Gasteiger partial charge in [0.25, 0.3) is 5.56 Å². The number of nitrogens with zero attached hydrogens (tertiary/aromatic N) is 2. The van der Waals surface area contributed by atoms with Crippen molar-refractivity contribution in [3.63, 3.8) is 0 Å². The molecular formula is C20H27N3O3. The molecule has 6 nitrogen and oxygen atoms in total. The fourth-order valence-electron chi connectivity index (χ4n) is 3.92. The minimum Gasteiger partial charge on any atom is -0.497 e. The number of rotatable bonds is 5. The van der Waals surface area contributed by atoms with Gasteiger partial charge in [-0.15, -0.1) is 0 Å². The summed E-state index contributed by atoms with van der Waals surface area (Å²) in [5.41, 5.74) is 1.64. The van der Waals surface area contributed by atoms with E-state index in [0.29, 0.717) is 12.6 Å². The highest BCUT2D eigenvalue weighted by molar-refractivity contribution is 5.80. The Morgan fingerprint density at radius 3 is 2.73 bits per heavy atom. The van der Waals surface area contributed by atoms with E-state index in [-0.39, 0.29) is 5.56 Å². The first-order chi connectivity index (χ1) is 12.7. The Balaban J connectivity index is 1.38. The van der Waals surface area contributed by atoms with E-state index in [1.165, 1.54) is 12.8 Å². The SMILES string of the molecule is COc1ccc2cc(CN3CCN(C[C@@H]4CCCO4)CC3)c(=O)[nH]c2c1. The third kappa shape index (κ3) is 3.92. The summed E-state index contributed by atoms with van der Waals surface area (Å²) in [5.74, 6) is 0.753. The molecule has 2 fully saturated rings. The minimum absolute atomic E-state index is 0.00691. The highest BCUT2D eigenvalue weighted by atomic mass is 16.5. The van der Waals surface area contributed by atoms with Gasteiger partial charge in [0.2, 0.25) is 0 Å². The molecule has 0 bridgehead atoms. The molecule has 3 heterocycles. The van der Waals surface area contributed by atoms with Crippen LogP contribution in [0.5, 0.6) is 5.75 Å². The molecule has 26 heavy (non-hydrogen) atoms. The summed E-state index contributed by atoms with van der Waals surface area (Å²) < 4.78 is 11.0. The lowest BCUT2D eigenvalue weighted by Gasteiger charge is -2.35. The third-order valence-corrected chi connectivity index (χ3v) is 5.47. The highest BCUT2D eigenvalue weighted by Crippen LogP contribution is 2.19. The van der Waals surface area contributed by atoms with Crippen molar-refractivity contribution >= 4 is 10.9 Å². The average Bonchev–Trinajstić information content (AvgIpc) is 3.16. The molecule has 2 aliphatic rings. The molecule has 0 radical (unpaired) electrons. The van der Waals surface area contributed by atoms with Gasteiger partial charge in [0, 0.05) is 57.5 Å². The van der Waals surface area contributed by atoms with E-state index >= 15 is 0 Å². The third-order valence-electron chi connectivity index (χ3n) is 5.47. The van der Waals surface area contributed by atoms with Crippen molar-refractivity contribution in [2.24, 2.45) is 0 Å². The molecular weight excluding hydrogens is 330 g/mol. The van der Waals surface area contributed by atoms with Crippen molar-refractivity contribution in [3.05, 3.63) is 40.2 Å². The molecule has 2 aromatic rings. The number of fused-ring (bicyclic) bond motifs is 1. The normalized spacial score (nSPS) is 22.1. The van der Waals surface area contributed by atoms with E-state index in [0.717, 1.165) is 61.5 Å². The molecule has 0 spiro atoms. The summed E-state index contributed by atoms with van der Waals surface area (Å²) in [6.07, 6.45) is 2.81. The number of hydrogen-bond donors (Lipinski definition) is 1. The first kappa shape index (κ1) is 17.5. The molecule has 1 aromatic heterocycles. The van der Waals surface area contributed by atoms with Crippen LogP contribution in [-0.4, -0.2) is 67.3 Å². The van der Waals surface area contributed by atoms with Crippen LogP contribution in [0.2, 0.25) is 0 Å². The van der Waals surface area contributed by atoms with E-state index in [1.807, 2.05) is 24.3 Å². The van der Waals surface area contributed by atoms with Gasteiger partial charge in [-0.05, 0) is 36.4 Å². The Kier molecular flexibility index (Phi) is 5.24. The van der Waals surface area contributed by atoms with Crippen molar-refractivity contribution < 1.29 is 9.47 Å². The van der Waals surface area contributed by atoms with Crippen LogP contribution >= 0.6 is 0 Å². The van der Waals surface area contributed by atoms with Crippen LogP contribution in [0.1, 0.15) is 18.4 Å². The van der Waals surface area contributed by atoms with Crippen molar-refractivity contribution in [1.29, 1.82) is 0 Å². The predicted octanol–water partition coefficient (Wildman–Crippen LogP) is 1.83. The molecule has 0 aliphatic carbocycles. The van der Waals surface area contributed by atoms with Crippen molar-refractivity contribution in [1.82, 2.24) is 14.8 Å². The Hall–Kier alpha value is -1.89. The number of ether oxygens (including phenoxy) is 2. The first-order valence-electron chi connectivity index (χ1n) is 9.47. The van der Waals surface area contributed by atoms with Gasteiger partial charge < -0.3 is 14.5 Å². The number of methoxy groups -OCH3 is 1. The molecule has 0 saturated carbocycles. The van der Waals surface area contributed by atoms with E-state index in [1.54, 1.807) is 7.11 Å². The first-order valence-corrected chi connectivity index (χ1v) is 9.47. The summed E-state index contributed by atoms with van der Waals surface area (Å²) in [7, 11) is 1.63. The minimum atomic E-state index is -0.00691. The van der Waals surface area contributed by atoms with Gasteiger partial charge in [0.05, 0.1) is 18.7 Å². The average molecular weight is 357 g/mol. The second-order valence-corrected chi connectivity index (χ2v) is 7.29. The largest absolute Gasteiger partial charge is 0.497 e. The van der Waals surface area contributed by atoms with Gasteiger partial charge in [-0.3, -0.25) is 14.6 Å². The zero-order valence-electron chi connectivity index (χ0n) is 15.4. The lowest BCUT2D eigenvalue weighted by molar-refractivity contribution is 0.0489. The Labute approximate surface area is 153 Å². The van der Waals surface area contributed by atoms with Gasteiger partial charge in [-0.25, -0.2) is 0 Å². The van der Waals surface area contributed by atoms with Crippen LogP contribution in [0, 0.1) is 0 Å². The van der Waals surface area contributed by atoms with Gasteiger partial charge in [0.1, 0.15) is 5.75 Å². The molecule has 0 amide bonds. The zero-order valence-corrected chi connectivity index (χ0v) is 15.4. The molecule has 2 aliphatic heterocycles.